The van der Waals surface area contributed by atoms with Crippen LogP contribution in [0.3, 0.4) is 0 Å². The second kappa shape index (κ2) is 8.99. The molecule has 5 nitrogen and oxygen atoms in total. The van der Waals surface area contributed by atoms with Gasteiger partial charge in [0.25, 0.3) is 5.91 Å². The fraction of sp³-hybridized carbons (Fsp3) is 0.524. The van der Waals surface area contributed by atoms with Crippen molar-refractivity contribution in [3.8, 4) is 0 Å². The number of nitrogens with one attached hydrogen (secondary N) is 1. The molecule has 1 aromatic heterocycles. The summed E-state index contributed by atoms with van der Waals surface area (Å²) in [5, 5.41) is 7.38. The molecule has 1 fully saturated rings. The zero-order chi connectivity index (χ0) is 18.4. The molecule has 1 atom stereocenters. The van der Waals surface area contributed by atoms with Crippen molar-refractivity contribution in [2.24, 2.45) is 0 Å². The molecule has 1 aliphatic rings. The summed E-state index contributed by atoms with van der Waals surface area (Å²) in [6, 6.07) is 10.8. The van der Waals surface area contributed by atoms with Gasteiger partial charge in [0, 0.05) is 31.9 Å². The first-order valence-electron chi connectivity index (χ1n) is 9.77. The normalized spacial score (nSPS) is 18.0. The number of aryl methyl sites for hydroxylation is 1. The van der Waals surface area contributed by atoms with Crippen LogP contribution in [0.5, 0.6) is 0 Å². The van der Waals surface area contributed by atoms with Crippen LogP contribution < -0.4 is 5.32 Å². The van der Waals surface area contributed by atoms with Crippen LogP contribution >= 0.6 is 0 Å². The van der Waals surface area contributed by atoms with E-state index in [0.717, 1.165) is 38.3 Å². The van der Waals surface area contributed by atoms with Gasteiger partial charge in [0.1, 0.15) is 0 Å². The van der Waals surface area contributed by atoms with Crippen LogP contribution in [0, 0.1) is 6.92 Å². The van der Waals surface area contributed by atoms with E-state index in [1.165, 1.54) is 18.4 Å². The fourth-order valence-corrected chi connectivity index (χ4v) is 3.79. The number of aromatic nitrogens is 2. The standard InChI is InChI=1S/C21H30N4O/c1-3-12-25-17(2)20(15-23-25)21(26)22-11-14-24-13-7-10-19(16-24)18-8-5-4-6-9-18/h4-6,8-9,15,19H,3,7,10-14,16H2,1-2H3,(H,22,26). The molecule has 1 saturated heterocycles. The molecular formula is C21H30N4O. The summed E-state index contributed by atoms with van der Waals surface area (Å²) >= 11 is 0. The van der Waals surface area contributed by atoms with Crippen LogP contribution in [-0.2, 0) is 6.54 Å². The first-order chi connectivity index (χ1) is 12.7. The second-order valence-corrected chi connectivity index (χ2v) is 7.17. The summed E-state index contributed by atoms with van der Waals surface area (Å²) in [4.78, 5) is 14.9. The Morgan fingerprint density at radius 3 is 2.85 bits per heavy atom. The first-order valence-corrected chi connectivity index (χ1v) is 9.77. The molecule has 0 aliphatic carbocycles. The maximum Gasteiger partial charge on any atom is 0.254 e. The number of hydrogen-bond acceptors (Lipinski definition) is 3. The molecule has 1 aliphatic heterocycles. The molecule has 1 amide bonds. The maximum atomic E-state index is 12.4. The lowest BCUT2D eigenvalue weighted by molar-refractivity contribution is 0.0944. The highest BCUT2D eigenvalue weighted by atomic mass is 16.1. The van der Waals surface area contributed by atoms with Crippen LogP contribution in [0.25, 0.3) is 0 Å². The smallest absolute Gasteiger partial charge is 0.254 e. The lowest BCUT2D eigenvalue weighted by atomic mass is 9.91. The Morgan fingerprint density at radius 2 is 2.08 bits per heavy atom. The predicted octanol–water partition coefficient (Wildman–Crippen LogP) is 3.21. The van der Waals surface area contributed by atoms with Gasteiger partial charge in [-0.2, -0.15) is 5.10 Å². The van der Waals surface area contributed by atoms with E-state index in [1.54, 1.807) is 6.20 Å². The van der Waals surface area contributed by atoms with E-state index < -0.39 is 0 Å². The summed E-state index contributed by atoms with van der Waals surface area (Å²) in [5.74, 6) is 0.594. The molecule has 0 spiro atoms. The molecule has 5 heteroatoms. The van der Waals surface area contributed by atoms with Gasteiger partial charge in [-0.3, -0.25) is 9.48 Å². The van der Waals surface area contributed by atoms with E-state index >= 15 is 0 Å². The van der Waals surface area contributed by atoms with E-state index in [1.807, 2.05) is 11.6 Å². The minimum atomic E-state index is -0.0125. The largest absolute Gasteiger partial charge is 0.351 e. The molecule has 0 bridgehead atoms. The highest BCUT2D eigenvalue weighted by Crippen LogP contribution is 2.26. The van der Waals surface area contributed by atoms with E-state index in [2.05, 4.69) is 52.6 Å². The van der Waals surface area contributed by atoms with Crippen molar-refractivity contribution in [3.05, 3.63) is 53.3 Å². The first kappa shape index (κ1) is 18.6. The Morgan fingerprint density at radius 1 is 1.27 bits per heavy atom. The summed E-state index contributed by atoms with van der Waals surface area (Å²) < 4.78 is 1.91. The van der Waals surface area contributed by atoms with Crippen molar-refractivity contribution < 1.29 is 4.79 Å². The minimum absolute atomic E-state index is 0.0125. The summed E-state index contributed by atoms with van der Waals surface area (Å²) in [7, 11) is 0. The Labute approximate surface area is 156 Å². The SMILES string of the molecule is CCCn1ncc(C(=O)NCCN2CCCC(c3ccccc3)C2)c1C. The maximum absolute atomic E-state index is 12.4. The second-order valence-electron chi connectivity index (χ2n) is 7.17. The Balaban J connectivity index is 1.48. The van der Waals surface area contributed by atoms with Crippen molar-refractivity contribution >= 4 is 5.91 Å². The van der Waals surface area contributed by atoms with Crippen LogP contribution in [0.1, 0.15) is 53.7 Å². The van der Waals surface area contributed by atoms with Gasteiger partial charge in [0.2, 0.25) is 0 Å². The topological polar surface area (TPSA) is 50.2 Å². The van der Waals surface area contributed by atoms with E-state index in [0.29, 0.717) is 18.0 Å². The Hall–Kier alpha value is -2.14. The summed E-state index contributed by atoms with van der Waals surface area (Å²) in [6.07, 6.45) is 5.17. The number of carbonyl (C=O) groups is 1. The number of benzene rings is 1. The summed E-state index contributed by atoms with van der Waals surface area (Å²) in [6.45, 7) is 8.71. The van der Waals surface area contributed by atoms with E-state index in [4.69, 9.17) is 0 Å². The van der Waals surface area contributed by atoms with Gasteiger partial charge >= 0.3 is 0 Å². The predicted molar refractivity (Wildman–Crippen MR) is 104 cm³/mol. The van der Waals surface area contributed by atoms with Crippen molar-refractivity contribution in [1.29, 1.82) is 0 Å². The van der Waals surface area contributed by atoms with Crippen molar-refractivity contribution in [2.75, 3.05) is 26.2 Å². The Bertz CT molecular complexity index is 710. The lowest BCUT2D eigenvalue weighted by Gasteiger charge is -2.33. The number of piperidine rings is 1. The zero-order valence-electron chi connectivity index (χ0n) is 15.9. The number of rotatable bonds is 7. The number of amides is 1. The van der Waals surface area contributed by atoms with Crippen LogP contribution in [-0.4, -0.2) is 46.8 Å². The molecule has 3 rings (SSSR count). The fourth-order valence-electron chi connectivity index (χ4n) is 3.79. The zero-order valence-corrected chi connectivity index (χ0v) is 15.9. The van der Waals surface area contributed by atoms with Crippen molar-refractivity contribution in [3.63, 3.8) is 0 Å². The van der Waals surface area contributed by atoms with E-state index in [-0.39, 0.29) is 5.91 Å². The number of likely N-dealkylation sites (tertiary alicyclic amines) is 1. The molecule has 1 aromatic carbocycles. The molecule has 0 saturated carbocycles. The Kier molecular flexibility index (Phi) is 6.45. The monoisotopic (exact) mass is 354 g/mol. The van der Waals surface area contributed by atoms with Crippen LogP contribution in [0.4, 0.5) is 0 Å². The molecular weight excluding hydrogens is 324 g/mol. The molecule has 26 heavy (non-hydrogen) atoms. The third kappa shape index (κ3) is 4.52. The third-order valence-electron chi connectivity index (χ3n) is 5.27. The number of nitrogens with zero attached hydrogens (tertiary/aromatic N) is 3. The van der Waals surface area contributed by atoms with Gasteiger partial charge in [-0.25, -0.2) is 0 Å². The molecule has 1 unspecified atom stereocenters. The molecule has 1 N–H and O–H groups in total. The van der Waals surface area contributed by atoms with E-state index in [9.17, 15) is 4.79 Å². The van der Waals surface area contributed by atoms with Gasteiger partial charge in [0.05, 0.1) is 11.8 Å². The summed E-state index contributed by atoms with van der Waals surface area (Å²) in [5.41, 5.74) is 3.07. The quantitative estimate of drug-likeness (QED) is 0.831. The number of hydrogen-bond donors (Lipinski definition) is 1. The highest BCUT2D eigenvalue weighted by molar-refractivity contribution is 5.95. The highest BCUT2D eigenvalue weighted by Gasteiger charge is 2.21. The van der Waals surface area contributed by atoms with Crippen molar-refractivity contribution in [2.45, 2.75) is 45.6 Å². The lowest BCUT2D eigenvalue weighted by Crippen LogP contribution is -2.40. The molecule has 0 radical (unpaired) electrons. The molecule has 140 valence electrons. The van der Waals surface area contributed by atoms with Crippen molar-refractivity contribution in [1.82, 2.24) is 20.0 Å². The minimum Gasteiger partial charge on any atom is -0.351 e. The average molecular weight is 354 g/mol. The van der Waals surface area contributed by atoms with Crippen LogP contribution in [0.15, 0.2) is 36.5 Å². The molecule has 2 heterocycles. The van der Waals surface area contributed by atoms with Gasteiger partial charge in [-0.1, -0.05) is 37.3 Å². The average Bonchev–Trinajstić information content (AvgIpc) is 3.04. The molecule has 2 aromatic rings. The van der Waals surface area contributed by atoms with Gasteiger partial charge in [-0.05, 0) is 44.2 Å². The number of carbonyl (C=O) groups excluding carboxylic acids is 1. The van der Waals surface area contributed by atoms with Gasteiger partial charge in [0.15, 0.2) is 0 Å². The van der Waals surface area contributed by atoms with Gasteiger partial charge < -0.3 is 10.2 Å². The van der Waals surface area contributed by atoms with Crippen LogP contribution in [0.2, 0.25) is 0 Å². The third-order valence-corrected chi connectivity index (χ3v) is 5.27. The van der Waals surface area contributed by atoms with Gasteiger partial charge in [-0.15, -0.1) is 0 Å².